The number of urea groups is 1. The Morgan fingerprint density at radius 3 is 2.70 bits per heavy atom. The van der Waals surface area contributed by atoms with E-state index in [1.165, 1.54) is 23.6 Å². The fraction of sp³-hybridized carbons (Fsp3) is 0.455. The summed E-state index contributed by atoms with van der Waals surface area (Å²) in [6.07, 6.45) is 0.640. The molecule has 3 N–H and O–H groups in total. The molecule has 9 heteroatoms. The number of imide groups is 1. The Balaban J connectivity index is 1.92. The molecular weight excluding hydrogens is 286 g/mol. The van der Waals surface area contributed by atoms with Crippen LogP contribution < -0.4 is 10.6 Å². The molecule has 1 atom stereocenters. The van der Waals surface area contributed by atoms with Gasteiger partial charge in [-0.1, -0.05) is 0 Å². The van der Waals surface area contributed by atoms with Crippen molar-refractivity contribution >= 4 is 35.6 Å². The number of carboxylic acids is 1. The van der Waals surface area contributed by atoms with Crippen LogP contribution in [0.1, 0.15) is 19.8 Å². The number of aliphatic carboxylic acids is 1. The van der Waals surface area contributed by atoms with Crippen LogP contribution in [-0.2, 0) is 14.4 Å². The van der Waals surface area contributed by atoms with E-state index >= 15 is 0 Å². The lowest BCUT2D eigenvalue weighted by molar-refractivity contribution is -0.145. The van der Waals surface area contributed by atoms with Crippen molar-refractivity contribution in [1.29, 1.82) is 0 Å². The SMILES string of the molecule is CC(=O)NC(=O)NCCC1=C(C(=O)O)N2C(=O)C[C@@H]2S1. The van der Waals surface area contributed by atoms with Gasteiger partial charge in [-0.05, 0) is 6.42 Å². The summed E-state index contributed by atoms with van der Waals surface area (Å²) < 4.78 is 0. The second-order valence-electron chi connectivity index (χ2n) is 4.30. The molecule has 0 aromatic carbocycles. The molecule has 0 aliphatic carbocycles. The first-order valence-corrected chi connectivity index (χ1v) is 6.78. The third-order valence-electron chi connectivity index (χ3n) is 2.82. The summed E-state index contributed by atoms with van der Waals surface area (Å²) in [4.78, 5) is 46.2. The van der Waals surface area contributed by atoms with E-state index < -0.39 is 17.9 Å². The zero-order valence-electron chi connectivity index (χ0n) is 10.6. The molecule has 0 aromatic rings. The lowest BCUT2D eigenvalue weighted by atomic mass is 10.1. The number of hydrogen-bond donors (Lipinski definition) is 3. The molecule has 20 heavy (non-hydrogen) atoms. The van der Waals surface area contributed by atoms with Crippen molar-refractivity contribution in [3.05, 3.63) is 10.6 Å². The summed E-state index contributed by atoms with van der Waals surface area (Å²) >= 11 is 1.33. The number of fused-ring (bicyclic) bond motifs is 1. The van der Waals surface area contributed by atoms with Gasteiger partial charge >= 0.3 is 12.0 Å². The number of nitrogens with one attached hydrogen (secondary N) is 2. The van der Waals surface area contributed by atoms with E-state index in [2.05, 4.69) is 5.32 Å². The second-order valence-corrected chi connectivity index (χ2v) is 5.58. The minimum absolute atomic E-state index is 0.00465. The summed E-state index contributed by atoms with van der Waals surface area (Å²) in [6, 6.07) is -0.627. The van der Waals surface area contributed by atoms with Crippen molar-refractivity contribution in [1.82, 2.24) is 15.5 Å². The van der Waals surface area contributed by atoms with Gasteiger partial charge in [0.25, 0.3) is 0 Å². The molecule has 1 saturated heterocycles. The maximum absolute atomic E-state index is 11.4. The van der Waals surface area contributed by atoms with Crippen LogP contribution in [0.3, 0.4) is 0 Å². The standard InChI is InChI=1S/C11H13N3O5S/c1-5(15)13-11(19)12-3-2-6-9(10(17)18)14-7(16)4-8(14)20-6/h8H,2-4H2,1H3,(H,17,18)(H2,12,13,15,19)/t8-/m0/s1. The highest BCUT2D eigenvalue weighted by Gasteiger charge is 2.47. The predicted octanol–water partition coefficient (Wildman–Crippen LogP) is -0.176. The summed E-state index contributed by atoms with van der Waals surface area (Å²) in [5, 5.41) is 13.5. The zero-order chi connectivity index (χ0) is 14.9. The van der Waals surface area contributed by atoms with E-state index in [1.807, 2.05) is 5.32 Å². The number of carbonyl (C=O) groups excluding carboxylic acids is 3. The van der Waals surface area contributed by atoms with Crippen LogP contribution >= 0.6 is 11.8 Å². The van der Waals surface area contributed by atoms with Crippen molar-refractivity contribution in [3.63, 3.8) is 0 Å². The van der Waals surface area contributed by atoms with Crippen molar-refractivity contribution in [2.45, 2.75) is 25.1 Å². The first-order valence-electron chi connectivity index (χ1n) is 5.90. The quantitative estimate of drug-likeness (QED) is 0.620. The van der Waals surface area contributed by atoms with Gasteiger partial charge in [0.2, 0.25) is 11.8 Å². The topological polar surface area (TPSA) is 116 Å². The minimum Gasteiger partial charge on any atom is -0.477 e. The Kier molecular flexibility index (Phi) is 3.98. The van der Waals surface area contributed by atoms with Gasteiger partial charge in [-0.25, -0.2) is 9.59 Å². The summed E-state index contributed by atoms with van der Waals surface area (Å²) in [5.41, 5.74) is 0.00465. The highest BCUT2D eigenvalue weighted by atomic mass is 32.2. The van der Waals surface area contributed by atoms with Gasteiger partial charge < -0.3 is 10.4 Å². The molecular formula is C11H13N3O5S. The lowest BCUT2D eigenvalue weighted by Gasteiger charge is -2.33. The molecule has 8 nitrogen and oxygen atoms in total. The first-order chi connectivity index (χ1) is 9.40. The monoisotopic (exact) mass is 299 g/mol. The first kappa shape index (κ1) is 14.4. The Labute approximate surface area is 118 Å². The van der Waals surface area contributed by atoms with Crippen LogP contribution in [-0.4, -0.2) is 45.7 Å². The van der Waals surface area contributed by atoms with Crippen LogP contribution in [0.5, 0.6) is 0 Å². The van der Waals surface area contributed by atoms with Crippen molar-refractivity contribution in [3.8, 4) is 0 Å². The van der Waals surface area contributed by atoms with Crippen LogP contribution in [0.4, 0.5) is 4.79 Å². The Morgan fingerprint density at radius 2 is 2.15 bits per heavy atom. The smallest absolute Gasteiger partial charge is 0.353 e. The number of amides is 4. The van der Waals surface area contributed by atoms with Gasteiger partial charge in [0.05, 0.1) is 11.8 Å². The largest absolute Gasteiger partial charge is 0.477 e. The van der Waals surface area contributed by atoms with Gasteiger partial charge in [-0.15, -0.1) is 11.8 Å². The van der Waals surface area contributed by atoms with Crippen molar-refractivity contribution < 1.29 is 24.3 Å². The fourth-order valence-corrected chi connectivity index (χ4v) is 3.40. The second kappa shape index (κ2) is 5.53. The van der Waals surface area contributed by atoms with Crippen molar-refractivity contribution in [2.24, 2.45) is 0 Å². The van der Waals surface area contributed by atoms with Gasteiger partial charge in [0.1, 0.15) is 5.70 Å². The Morgan fingerprint density at radius 1 is 1.45 bits per heavy atom. The highest BCUT2D eigenvalue weighted by Crippen LogP contribution is 2.47. The maximum atomic E-state index is 11.4. The maximum Gasteiger partial charge on any atom is 0.353 e. The molecule has 2 heterocycles. The van der Waals surface area contributed by atoms with Gasteiger partial charge in [0, 0.05) is 18.4 Å². The van der Waals surface area contributed by atoms with Crippen LogP contribution in [0.25, 0.3) is 0 Å². The Bertz CT molecular complexity index is 530. The van der Waals surface area contributed by atoms with Gasteiger partial charge in [-0.2, -0.15) is 0 Å². The molecule has 0 unspecified atom stereocenters. The van der Waals surface area contributed by atoms with E-state index in [4.69, 9.17) is 5.11 Å². The average molecular weight is 299 g/mol. The molecule has 0 aromatic heterocycles. The predicted molar refractivity (Wildman–Crippen MR) is 69.3 cm³/mol. The molecule has 0 spiro atoms. The van der Waals surface area contributed by atoms with Crippen LogP contribution in [0.2, 0.25) is 0 Å². The number of rotatable bonds is 4. The number of hydrogen-bond acceptors (Lipinski definition) is 5. The molecule has 2 rings (SSSR count). The minimum atomic E-state index is -1.14. The number of thioether (sulfide) groups is 1. The van der Waals surface area contributed by atoms with Crippen molar-refractivity contribution in [2.75, 3.05) is 6.54 Å². The molecule has 2 aliphatic heterocycles. The van der Waals surface area contributed by atoms with Crippen LogP contribution in [0.15, 0.2) is 10.6 Å². The van der Waals surface area contributed by atoms with Crippen LogP contribution in [0, 0.1) is 0 Å². The summed E-state index contributed by atoms with van der Waals surface area (Å²) in [5.74, 6) is -1.81. The number of carboxylic acid groups (broad SMARTS) is 1. The van der Waals surface area contributed by atoms with E-state index in [9.17, 15) is 19.2 Å². The van der Waals surface area contributed by atoms with E-state index in [0.717, 1.165) is 0 Å². The molecule has 1 fully saturated rings. The van der Waals surface area contributed by atoms with E-state index in [1.54, 1.807) is 0 Å². The van der Waals surface area contributed by atoms with Gasteiger partial charge in [-0.3, -0.25) is 19.8 Å². The molecule has 0 radical (unpaired) electrons. The molecule has 4 amide bonds. The number of β-lactam (4-membered cyclic amide) rings is 1. The normalized spacial score (nSPS) is 20.4. The summed E-state index contributed by atoms with van der Waals surface area (Å²) in [7, 11) is 0. The molecule has 0 saturated carbocycles. The van der Waals surface area contributed by atoms with E-state index in [0.29, 0.717) is 17.7 Å². The molecule has 2 aliphatic rings. The summed E-state index contributed by atoms with van der Waals surface area (Å²) in [6.45, 7) is 1.40. The zero-order valence-corrected chi connectivity index (χ0v) is 11.5. The van der Waals surface area contributed by atoms with E-state index in [-0.39, 0.29) is 23.5 Å². The lowest BCUT2D eigenvalue weighted by Crippen LogP contribution is -2.48. The third kappa shape index (κ3) is 2.77. The molecule has 0 bridgehead atoms. The average Bonchev–Trinajstić information content (AvgIpc) is 2.61. The number of nitrogens with zero attached hydrogens (tertiary/aromatic N) is 1. The number of carbonyl (C=O) groups is 4. The van der Waals surface area contributed by atoms with Gasteiger partial charge in [0.15, 0.2) is 0 Å². The fourth-order valence-electron chi connectivity index (χ4n) is 2.00. The Hall–Kier alpha value is -2.03. The third-order valence-corrected chi connectivity index (χ3v) is 4.15. The molecule has 108 valence electrons. The highest BCUT2D eigenvalue weighted by molar-refractivity contribution is 8.04.